The third-order valence-electron chi connectivity index (χ3n) is 11.3. The lowest BCUT2D eigenvalue weighted by Gasteiger charge is -2.32. The summed E-state index contributed by atoms with van der Waals surface area (Å²) < 4.78 is 4.33. The summed E-state index contributed by atoms with van der Waals surface area (Å²) in [4.78, 5) is 48.0. The van der Waals surface area contributed by atoms with Gasteiger partial charge in [0.15, 0.2) is 0 Å². The van der Waals surface area contributed by atoms with Crippen molar-refractivity contribution in [1.82, 2.24) is 19.4 Å². The van der Waals surface area contributed by atoms with E-state index in [4.69, 9.17) is 5.11 Å². The summed E-state index contributed by atoms with van der Waals surface area (Å²) in [6.45, 7) is 9.19. The summed E-state index contributed by atoms with van der Waals surface area (Å²) >= 11 is 0. The van der Waals surface area contributed by atoms with Gasteiger partial charge in [-0.3, -0.25) is 4.79 Å². The molecule has 0 aliphatic carbocycles. The average molecular weight is 695 g/mol. The smallest absolute Gasteiger partial charge is 0.337 e. The lowest BCUT2D eigenvalue weighted by Crippen LogP contribution is -2.38. The van der Waals surface area contributed by atoms with E-state index in [-0.39, 0.29) is 11.7 Å². The summed E-state index contributed by atoms with van der Waals surface area (Å²) in [6.07, 6.45) is 16.3. The molecule has 0 spiro atoms. The molecule has 272 valence electrons. The van der Waals surface area contributed by atoms with E-state index in [0.29, 0.717) is 23.7 Å². The molecule has 2 N–H and O–H groups in total. The first-order valence-corrected chi connectivity index (χ1v) is 19.1. The van der Waals surface area contributed by atoms with E-state index in [2.05, 4.69) is 44.9 Å². The van der Waals surface area contributed by atoms with Crippen molar-refractivity contribution in [1.29, 1.82) is 0 Å². The zero-order chi connectivity index (χ0) is 35.9. The number of piperidine rings is 2. The second-order valence-corrected chi connectivity index (χ2v) is 15.0. The molecule has 9 nitrogen and oxygen atoms in total. The molecule has 2 fully saturated rings. The highest BCUT2D eigenvalue weighted by atomic mass is 16.4. The average Bonchev–Trinajstić information content (AvgIpc) is 3.72. The Bertz CT molecular complexity index is 1870. The number of ketones is 2. The molecule has 0 saturated carbocycles. The van der Waals surface area contributed by atoms with Crippen LogP contribution < -0.4 is 5.32 Å². The van der Waals surface area contributed by atoms with Crippen LogP contribution in [-0.2, 0) is 35.5 Å². The number of Topliss-reactive ketones (excluding diaryl/α,β-unsaturated/α-hetero) is 2. The topological polar surface area (TPSA) is 114 Å². The van der Waals surface area contributed by atoms with Crippen molar-refractivity contribution in [2.75, 3.05) is 26.2 Å². The van der Waals surface area contributed by atoms with Gasteiger partial charge in [-0.05, 0) is 114 Å². The third kappa shape index (κ3) is 8.80. The number of benzene rings is 2. The molecule has 2 saturated heterocycles. The highest BCUT2D eigenvalue weighted by Crippen LogP contribution is 2.32. The molecule has 8 rings (SSSR count). The number of rotatable bonds is 8. The molecule has 0 atom stereocenters. The molecule has 9 heteroatoms. The lowest BCUT2D eigenvalue weighted by molar-refractivity contribution is -0.118. The molecule has 0 bridgehead atoms. The summed E-state index contributed by atoms with van der Waals surface area (Å²) in [6, 6.07) is 12.3. The summed E-state index contributed by atoms with van der Waals surface area (Å²) in [5.74, 6) is 1.34. The number of nitrogens with one attached hydrogen (secondary N) is 1. The molecule has 6 heterocycles. The first kappa shape index (κ1) is 36.5. The number of amides is 1. The number of aromatic carboxylic acids is 1. The maximum absolute atomic E-state index is 13.1. The van der Waals surface area contributed by atoms with Crippen molar-refractivity contribution < 1.29 is 24.3 Å². The Hall–Kier alpha value is -4.24. The van der Waals surface area contributed by atoms with E-state index < -0.39 is 5.97 Å². The fraction of sp³-hybridized carbons (Fsp3) is 0.524. The SMILES string of the molecule is CC(=O)CCC1CCN(C(=O)c2cn3c4c(cccc24)CCC3)CC1.CC(=O)CCC1CCNCC1.O=C(O)c1cn2c3c(cccc13)CCC2. The number of carbonyl (C=O) groups excluding carboxylic acids is 3. The van der Waals surface area contributed by atoms with E-state index in [9.17, 15) is 19.2 Å². The fourth-order valence-electron chi connectivity index (χ4n) is 8.43. The van der Waals surface area contributed by atoms with Crippen molar-refractivity contribution in [3.8, 4) is 0 Å². The second-order valence-electron chi connectivity index (χ2n) is 15.0. The van der Waals surface area contributed by atoms with Crippen LogP contribution in [-0.4, -0.2) is 68.8 Å². The molecule has 2 aromatic carbocycles. The minimum atomic E-state index is -0.835. The first-order valence-electron chi connectivity index (χ1n) is 19.1. The maximum Gasteiger partial charge on any atom is 0.337 e. The van der Waals surface area contributed by atoms with Gasteiger partial charge in [-0.2, -0.15) is 0 Å². The predicted molar refractivity (Wildman–Crippen MR) is 202 cm³/mol. The van der Waals surface area contributed by atoms with Gasteiger partial charge in [0, 0.05) is 62.2 Å². The number of hydrogen-bond acceptors (Lipinski definition) is 5. The zero-order valence-corrected chi connectivity index (χ0v) is 30.4. The van der Waals surface area contributed by atoms with Crippen LogP contribution in [0.1, 0.15) is 110 Å². The zero-order valence-electron chi connectivity index (χ0n) is 30.4. The number of nitrogens with zero attached hydrogens (tertiary/aromatic N) is 3. The molecule has 2 aromatic heterocycles. The van der Waals surface area contributed by atoms with Crippen molar-refractivity contribution in [2.45, 2.75) is 104 Å². The number of carbonyl (C=O) groups is 4. The fourth-order valence-corrected chi connectivity index (χ4v) is 8.43. The van der Waals surface area contributed by atoms with Gasteiger partial charge < -0.3 is 34.0 Å². The van der Waals surface area contributed by atoms with E-state index >= 15 is 0 Å². The Balaban J connectivity index is 0.000000146. The lowest BCUT2D eigenvalue weighted by atomic mass is 9.91. The van der Waals surface area contributed by atoms with Gasteiger partial charge >= 0.3 is 5.97 Å². The van der Waals surface area contributed by atoms with E-state index in [1.54, 1.807) is 20.0 Å². The van der Waals surface area contributed by atoms with Crippen LogP contribution >= 0.6 is 0 Å². The molecule has 0 unspecified atom stereocenters. The minimum Gasteiger partial charge on any atom is -0.478 e. The van der Waals surface area contributed by atoms with Crippen LogP contribution in [0.15, 0.2) is 48.8 Å². The Morgan fingerprint density at radius 3 is 1.69 bits per heavy atom. The minimum absolute atomic E-state index is 0.174. The Morgan fingerprint density at radius 2 is 1.18 bits per heavy atom. The van der Waals surface area contributed by atoms with Gasteiger partial charge in [0.25, 0.3) is 5.91 Å². The number of aromatic nitrogens is 2. The van der Waals surface area contributed by atoms with E-state index in [1.165, 1.54) is 29.5 Å². The number of carboxylic acids is 1. The van der Waals surface area contributed by atoms with Gasteiger partial charge in [-0.15, -0.1) is 0 Å². The summed E-state index contributed by atoms with van der Waals surface area (Å²) in [7, 11) is 0. The van der Waals surface area contributed by atoms with Gasteiger partial charge in [0.1, 0.15) is 11.6 Å². The molecule has 51 heavy (non-hydrogen) atoms. The number of hydrogen-bond donors (Lipinski definition) is 2. The largest absolute Gasteiger partial charge is 0.478 e. The monoisotopic (exact) mass is 694 g/mol. The Kier molecular flexibility index (Phi) is 12.1. The van der Waals surface area contributed by atoms with Crippen molar-refractivity contribution in [2.24, 2.45) is 11.8 Å². The third-order valence-corrected chi connectivity index (χ3v) is 11.3. The van der Waals surface area contributed by atoms with Gasteiger partial charge in [-0.25, -0.2) is 4.79 Å². The number of para-hydroxylation sites is 2. The molecule has 4 aliphatic rings. The second kappa shape index (κ2) is 16.9. The van der Waals surface area contributed by atoms with Crippen LogP contribution in [0.5, 0.6) is 0 Å². The van der Waals surface area contributed by atoms with Crippen molar-refractivity contribution in [3.05, 3.63) is 71.0 Å². The number of aryl methyl sites for hydroxylation is 4. The number of likely N-dealkylation sites (tertiary alicyclic amines) is 1. The summed E-state index contributed by atoms with van der Waals surface area (Å²) in [5, 5.41) is 14.4. The Labute approximate surface area is 301 Å². The van der Waals surface area contributed by atoms with E-state index in [1.807, 2.05) is 17.0 Å². The maximum atomic E-state index is 13.1. The first-order chi connectivity index (χ1) is 24.7. The van der Waals surface area contributed by atoms with E-state index in [0.717, 1.165) is 125 Å². The van der Waals surface area contributed by atoms with Crippen molar-refractivity contribution >= 4 is 45.2 Å². The number of carboxylic acid groups (broad SMARTS) is 1. The molecule has 1 amide bonds. The van der Waals surface area contributed by atoms with Crippen LogP contribution in [0, 0.1) is 11.8 Å². The van der Waals surface area contributed by atoms with Crippen LogP contribution in [0.4, 0.5) is 0 Å². The predicted octanol–water partition coefficient (Wildman–Crippen LogP) is 7.45. The van der Waals surface area contributed by atoms with Crippen LogP contribution in [0.2, 0.25) is 0 Å². The molecule has 4 aromatic rings. The standard InChI is InChI=1S/C21H26N2O2.C12H11NO2.C9H17NO/c1-15(24)7-8-16-9-12-22(13-10-16)21(25)19-14-23-11-3-5-17-4-2-6-18(19)20(17)23;14-12(15)10-7-13-6-2-4-8-3-1-5-9(10)11(8)13;1-8(11)2-3-9-4-6-10-7-5-9/h2,4,6,14,16H,3,5,7-13H2,1H3;1,3,5,7H,2,4,6H2,(H,14,15);9-10H,2-7H2,1H3. The highest BCUT2D eigenvalue weighted by Gasteiger charge is 2.27. The molecule has 4 aliphatic heterocycles. The summed E-state index contributed by atoms with van der Waals surface area (Å²) in [5.41, 5.74) is 6.29. The van der Waals surface area contributed by atoms with Crippen LogP contribution in [0.3, 0.4) is 0 Å². The molecule has 0 radical (unpaired) electrons. The Morgan fingerprint density at radius 1 is 0.686 bits per heavy atom. The highest BCUT2D eigenvalue weighted by molar-refractivity contribution is 6.08. The quantitative estimate of drug-likeness (QED) is 0.198. The van der Waals surface area contributed by atoms with Crippen LogP contribution in [0.25, 0.3) is 21.8 Å². The van der Waals surface area contributed by atoms with Gasteiger partial charge in [0.05, 0.1) is 22.2 Å². The van der Waals surface area contributed by atoms with Gasteiger partial charge in [0.2, 0.25) is 0 Å². The molecular weight excluding hydrogens is 640 g/mol. The van der Waals surface area contributed by atoms with Gasteiger partial charge in [-0.1, -0.05) is 36.4 Å². The normalized spacial score (nSPS) is 17.3. The van der Waals surface area contributed by atoms with Crippen molar-refractivity contribution in [3.63, 3.8) is 0 Å². The molecular formula is C42H54N4O5.